The quantitative estimate of drug-likeness (QED) is 0.568. The van der Waals surface area contributed by atoms with Crippen molar-refractivity contribution in [1.29, 1.82) is 0 Å². The van der Waals surface area contributed by atoms with E-state index in [1.807, 2.05) is 0 Å². The predicted octanol–water partition coefficient (Wildman–Crippen LogP) is -0.380. The Morgan fingerprint density at radius 1 is 1.00 bits per heavy atom. The van der Waals surface area contributed by atoms with Crippen molar-refractivity contribution in [3.05, 3.63) is 35.9 Å². The summed E-state index contributed by atoms with van der Waals surface area (Å²) in [6.07, 6.45) is -0.777. The van der Waals surface area contributed by atoms with E-state index in [4.69, 9.17) is 0 Å². The molecular weight excluding hydrogens is 191 g/mol. The average molecular weight is 198 g/mol. The summed E-state index contributed by atoms with van der Waals surface area (Å²) < 4.78 is 35.4. The normalized spacial score (nSPS) is 10.6. The second-order valence-electron chi connectivity index (χ2n) is 2.40. The van der Waals surface area contributed by atoms with Crippen molar-refractivity contribution in [2.45, 2.75) is 6.32 Å². The van der Waals surface area contributed by atoms with Gasteiger partial charge < -0.3 is 12.9 Å². The van der Waals surface area contributed by atoms with Crippen molar-refractivity contribution in [3.63, 3.8) is 0 Å². The molecule has 0 saturated heterocycles. The van der Waals surface area contributed by atoms with Gasteiger partial charge in [0.15, 0.2) is 0 Å². The van der Waals surface area contributed by atoms with Crippen molar-refractivity contribution >= 4 is 6.98 Å². The Bertz CT molecular complexity index is 222. The maximum absolute atomic E-state index is 11.8. The van der Waals surface area contributed by atoms with E-state index in [0.29, 0.717) is 5.56 Å². The summed E-state index contributed by atoms with van der Waals surface area (Å²) in [5.74, 6) is 0. The van der Waals surface area contributed by atoms with Gasteiger partial charge in [-0.2, -0.15) is 0 Å². The fourth-order valence-electron chi connectivity index (χ4n) is 0.881. The molecule has 0 atom stereocenters. The van der Waals surface area contributed by atoms with Crippen LogP contribution in [-0.2, 0) is 6.32 Å². The molecule has 0 heterocycles. The Kier molecular flexibility index (Phi) is 5.77. The van der Waals surface area contributed by atoms with Crippen LogP contribution in [0.5, 0.6) is 0 Å². The molecule has 12 heavy (non-hydrogen) atoms. The summed E-state index contributed by atoms with van der Waals surface area (Å²) in [4.78, 5) is 0. The Morgan fingerprint density at radius 2 is 1.50 bits per heavy atom. The molecule has 0 nitrogen and oxygen atoms in total. The van der Waals surface area contributed by atoms with Crippen LogP contribution >= 0.6 is 0 Å². The fraction of sp³-hybridized carbons (Fsp3) is 0.143. The molecule has 0 aromatic heterocycles. The molecule has 0 aliphatic carbocycles. The Morgan fingerprint density at radius 3 is 1.92 bits per heavy atom. The number of hydrogen-bond donors (Lipinski definition) is 0. The topological polar surface area (TPSA) is 0 Å². The maximum atomic E-state index is 11.8. The zero-order chi connectivity index (χ0) is 8.32. The molecule has 0 saturated carbocycles. The molecule has 0 spiro atoms. The number of benzene rings is 1. The third-order valence-corrected chi connectivity index (χ3v) is 1.31. The summed E-state index contributed by atoms with van der Waals surface area (Å²) in [5.41, 5.74) is 0.333. The van der Waals surface area contributed by atoms with E-state index in [9.17, 15) is 12.9 Å². The molecule has 5 heteroatoms. The van der Waals surface area contributed by atoms with Crippen LogP contribution in [0.2, 0.25) is 0 Å². The van der Waals surface area contributed by atoms with E-state index in [-0.39, 0.29) is 51.4 Å². The van der Waals surface area contributed by atoms with Gasteiger partial charge in [-0.25, -0.2) is 0 Å². The van der Waals surface area contributed by atoms with E-state index in [2.05, 4.69) is 0 Å². The van der Waals surface area contributed by atoms with Crippen molar-refractivity contribution in [2.75, 3.05) is 0 Å². The third kappa shape index (κ3) is 5.37. The van der Waals surface area contributed by atoms with Crippen LogP contribution in [0.15, 0.2) is 30.3 Å². The molecule has 0 aliphatic heterocycles. The molecule has 0 fully saturated rings. The molecule has 0 radical (unpaired) electrons. The predicted molar refractivity (Wildman–Crippen MR) is 39.2 cm³/mol. The van der Waals surface area contributed by atoms with Crippen molar-refractivity contribution in [2.24, 2.45) is 0 Å². The number of halogens is 3. The van der Waals surface area contributed by atoms with Gasteiger partial charge in [0, 0.05) is 0 Å². The first-order valence-electron chi connectivity index (χ1n) is 3.33. The molecular formula is C7H7BF3K. The minimum Gasteiger partial charge on any atom is -0.449 e. The number of hydrogen-bond acceptors (Lipinski definition) is 0. The maximum Gasteiger partial charge on any atom is 1.00 e. The second kappa shape index (κ2) is 5.44. The smallest absolute Gasteiger partial charge is 0.449 e. The van der Waals surface area contributed by atoms with E-state index in [1.54, 1.807) is 18.2 Å². The third-order valence-electron chi connectivity index (χ3n) is 1.31. The van der Waals surface area contributed by atoms with Crippen molar-refractivity contribution in [1.82, 2.24) is 0 Å². The Hall–Kier alpha value is 0.711. The van der Waals surface area contributed by atoms with Gasteiger partial charge >= 0.3 is 58.4 Å². The van der Waals surface area contributed by atoms with Gasteiger partial charge in [0.25, 0.3) is 0 Å². The van der Waals surface area contributed by atoms with Gasteiger partial charge in [0.1, 0.15) is 0 Å². The summed E-state index contributed by atoms with van der Waals surface area (Å²) in [6, 6.07) is 7.88. The van der Waals surface area contributed by atoms with Crippen LogP contribution in [0, 0.1) is 0 Å². The van der Waals surface area contributed by atoms with Gasteiger partial charge in [0.05, 0.1) is 0 Å². The molecule has 1 rings (SSSR count). The molecule has 60 valence electrons. The van der Waals surface area contributed by atoms with Crippen molar-refractivity contribution < 1.29 is 64.3 Å². The second-order valence-corrected chi connectivity index (χ2v) is 2.40. The van der Waals surface area contributed by atoms with Crippen LogP contribution in [0.3, 0.4) is 0 Å². The van der Waals surface area contributed by atoms with Crippen molar-refractivity contribution in [3.8, 4) is 0 Å². The first kappa shape index (κ1) is 12.7. The summed E-state index contributed by atoms with van der Waals surface area (Å²) >= 11 is 0. The standard InChI is InChI=1S/C7H7BF3.K/c9-8(10,11)6-7-4-2-1-3-5-7;/h1-5H,6H2;/q-1;+1. The molecule has 0 unspecified atom stereocenters. The largest absolute Gasteiger partial charge is 1.00 e. The fourth-order valence-corrected chi connectivity index (χ4v) is 0.881. The summed E-state index contributed by atoms with van der Waals surface area (Å²) in [6.45, 7) is -4.68. The molecule has 0 bridgehead atoms. The molecule has 1 aromatic rings. The number of rotatable bonds is 2. The average Bonchev–Trinajstić information content (AvgIpc) is 1.85. The minimum atomic E-state index is -4.68. The van der Waals surface area contributed by atoms with Gasteiger partial charge in [0.2, 0.25) is 0 Å². The van der Waals surface area contributed by atoms with Crippen LogP contribution in [0.25, 0.3) is 0 Å². The minimum absolute atomic E-state index is 0. The summed E-state index contributed by atoms with van der Waals surface area (Å²) in [5, 5.41) is 0. The van der Waals surface area contributed by atoms with Gasteiger partial charge in [-0.1, -0.05) is 42.2 Å². The Balaban J connectivity index is 0.00000121. The molecule has 1 aromatic carbocycles. The molecule has 0 amide bonds. The summed E-state index contributed by atoms with van der Waals surface area (Å²) in [7, 11) is 0. The van der Waals surface area contributed by atoms with E-state index in [0.717, 1.165) is 0 Å². The van der Waals surface area contributed by atoms with Crippen LogP contribution in [-0.4, -0.2) is 6.98 Å². The Labute approximate surface area is 112 Å². The van der Waals surface area contributed by atoms with E-state index >= 15 is 0 Å². The van der Waals surface area contributed by atoms with Crippen LogP contribution in [0.4, 0.5) is 12.9 Å². The zero-order valence-electron chi connectivity index (χ0n) is 6.81. The van der Waals surface area contributed by atoms with Crippen LogP contribution in [0.1, 0.15) is 5.56 Å². The van der Waals surface area contributed by atoms with E-state index in [1.165, 1.54) is 12.1 Å². The molecule has 0 N–H and O–H groups in total. The van der Waals surface area contributed by atoms with Gasteiger partial charge in [-0.15, -0.1) is 0 Å². The van der Waals surface area contributed by atoms with Crippen LogP contribution < -0.4 is 51.4 Å². The van der Waals surface area contributed by atoms with Gasteiger partial charge in [-0.3, -0.25) is 0 Å². The van der Waals surface area contributed by atoms with E-state index < -0.39 is 13.3 Å². The monoisotopic (exact) mass is 198 g/mol. The first-order valence-corrected chi connectivity index (χ1v) is 3.33. The van der Waals surface area contributed by atoms with Gasteiger partial charge in [-0.05, 0) is 0 Å². The molecule has 0 aliphatic rings. The first-order chi connectivity index (χ1) is 5.08. The SMILES string of the molecule is F[B-](F)(F)Cc1ccccc1.[K+]. The zero-order valence-corrected chi connectivity index (χ0v) is 9.93.